The Morgan fingerprint density at radius 1 is 1.29 bits per heavy atom. The Hall–Kier alpha value is -1.54. The summed E-state index contributed by atoms with van der Waals surface area (Å²) in [5.74, 6) is 0. The molecule has 0 aliphatic rings. The second-order valence-electron chi connectivity index (χ2n) is 3.91. The molecule has 0 unspecified atom stereocenters. The fraction of sp³-hybridized carbons (Fsp3) is 0.417. The third-order valence-electron chi connectivity index (χ3n) is 2.56. The molecule has 0 saturated carbocycles. The van der Waals surface area contributed by atoms with E-state index in [0.717, 1.165) is 17.7 Å². The van der Waals surface area contributed by atoms with Crippen LogP contribution in [0.2, 0.25) is 0 Å². The SMILES string of the molecule is C[C@H](C#N)N(C)Cc1ccc(C(F)(F)F)cc1. The number of nitriles is 1. The van der Waals surface area contributed by atoms with Gasteiger partial charge >= 0.3 is 6.18 Å². The van der Waals surface area contributed by atoms with Crippen molar-refractivity contribution < 1.29 is 13.2 Å². The van der Waals surface area contributed by atoms with Crippen molar-refractivity contribution >= 4 is 0 Å². The van der Waals surface area contributed by atoms with Crippen LogP contribution >= 0.6 is 0 Å². The predicted molar refractivity (Wildman–Crippen MR) is 58.0 cm³/mol. The lowest BCUT2D eigenvalue weighted by Crippen LogP contribution is -2.26. The lowest BCUT2D eigenvalue weighted by molar-refractivity contribution is -0.137. The molecule has 92 valence electrons. The molecule has 0 amide bonds. The number of hydrogen-bond acceptors (Lipinski definition) is 2. The van der Waals surface area contributed by atoms with Gasteiger partial charge in [-0.3, -0.25) is 4.90 Å². The first-order valence-electron chi connectivity index (χ1n) is 5.10. The van der Waals surface area contributed by atoms with Crippen LogP contribution in [0.4, 0.5) is 13.2 Å². The van der Waals surface area contributed by atoms with E-state index in [-0.39, 0.29) is 6.04 Å². The third kappa shape index (κ3) is 3.75. The fourth-order valence-electron chi connectivity index (χ4n) is 1.32. The maximum atomic E-state index is 12.3. The van der Waals surface area contributed by atoms with Gasteiger partial charge in [0, 0.05) is 6.54 Å². The van der Waals surface area contributed by atoms with Crippen molar-refractivity contribution in [2.75, 3.05) is 7.05 Å². The van der Waals surface area contributed by atoms with Gasteiger partial charge in [-0.05, 0) is 31.7 Å². The Morgan fingerprint density at radius 3 is 2.24 bits per heavy atom. The Morgan fingerprint density at radius 2 is 1.82 bits per heavy atom. The highest BCUT2D eigenvalue weighted by Crippen LogP contribution is 2.29. The lowest BCUT2D eigenvalue weighted by Gasteiger charge is -2.19. The fourth-order valence-corrected chi connectivity index (χ4v) is 1.32. The molecule has 1 aromatic carbocycles. The van der Waals surface area contributed by atoms with E-state index in [4.69, 9.17) is 5.26 Å². The van der Waals surface area contributed by atoms with E-state index in [1.807, 2.05) is 0 Å². The van der Waals surface area contributed by atoms with E-state index < -0.39 is 11.7 Å². The number of halogens is 3. The highest BCUT2D eigenvalue weighted by atomic mass is 19.4. The molecule has 0 bridgehead atoms. The van der Waals surface area contributed by atoms with Gasteiger partial charge in [-0.25, -0.2) is 0 Å². The molecule has 0 heterocycles. The zero-order valence-corrected chi connectivity index (χ0v) is 9.62. The van der Waals surface area contributed by atoms with Crippen molar-refractivity contribution in [2.45, 2.75) is 25.7 Å². The van der Waals surface area contributed by atoms with Gasteiger partial charge in [-0.1, -0.05) is 12.1 Å². The molecule has 0 spiro atoms. The summed E-state index contributed by atoms with van der Waals surface area (Å²) >= 11 is 0. The van der Waals surface area contributed by atoms with Crippen LogP contribution in [-0.4, -0.2) is 18.0 Å². The molecule has 0 radical (unpaired) electrons. The summed E-state index contributed by atoms with van der Waals surface area (Å²) in [6.45, 7) is 2.19. The molecular formula is C12H13F3N2. The largest absolute Gasteiger partial charge is 0.416 e. The summed E-state index contributed by atoms with van der Waals surface area (Å²) in [5, 5.41) is 8.69. The molecule has 0 N–H and O–H groups in total. The van der Waals surface area contributed by atoms with Crippen molar-refractivity contribution in [3.05, 3.63) is 35.4 Å². The zero-order valence-electron chi connectivity index (χ0n) is 9.62. The summed E-state index contributed by atoms with van der Waals surface area (Å²) in [4.78, 5) is 1.77. The van der Waals surface area contributed by atoms with Gasteiger partial charge in [0.1, 0.15) is 0 Å². The van der Waals surface area contributed by atoms with Crippen molar-refractivity contribution in [1.82, 2.24) is 4.90 Å². The van der Waals surface area contributed by atoms with Gasteiger partial charge in [0.2, 0.25) is 0 Å². The topological polar surface area (TPSA) is 27.0 Å². The van der Waals surface area contributed by atoms with Gasteiger partial charge in [-0.15, -0.1) is 0 Å². The standard InChI is InChI=1S/C12H13F3N2/c1-9(7-16)17(2)8-10-3-5-11(6-4-10)12(13,14)15/h3-6,9H,8H2,1-2H3/t9-/m1/s1. The number of rotatable bonds is 3. The Bertz CT molecular complexity index is 403. The van der Waals surface area contributed by atoms with Gasteiger partial charge in [0.05, 0.1) is 17.7 Å². The van der Waals surface area contributed by atoms with E-state index in [1.165, 1.54) is 12.1 Å². The Balaban J connectivity index is 2.73. The molecule has 1 rings (SSSR count). The van der Waals surface area contributed by atoms with Crippen LogP contribution in [0.15, 0.2) is 24.3 Å². The maximum Gasteiger partial charge on any atom is 0.416 e. The van der Waals surface area contributed by atoms with Crippen LogP contribution in [0.3, 0.4) is 0 Å². The smallest absolute Gasteiger partial charge is 0.287 e. The van der Waals surface area contributed by atoms with E-state index in [0.29, 0.717) is 6.54 Å². The van der Waals surface area contributed by atoms with Crippen LogP contribution < -0.4 is 0 Å². The van der Waals surface area contributed by atoms with Crippen LogP contribution in [0.25, 0.3) is 0 Å². The maximum absolute atomic E-state index is 12.3. The van der Waals surface area contributed by atoms with Crippen molar-refractivity contribution in [3.63, 3.8) is 0 Å². The molecule has 1 aromatic rings. The third-order valence-corrected chi connectivity index (χ3v) is 2.56. The Labute approximate surface area is 98.3 Å². The van der Waals surface area contributed by atoms with E-state index in [1.54, 1.807) is 18.9 Å². The molecule has 5 heteroatoms. The number of benzene rings is 1. The minimum Gasteiger partial charge on any atom is -0.287 e. The predicted octanol–water partition coefficient (Wildman–Crippen LogP) is 3.05. The molecular weight excluding hydrogens is 229 g/mol. The zero-order chi connectivity index (χ0) is 13.1. The van der Waals surface area contributed by atoms with Crippen LogP contribution in [0.5, 0.6) is 0 Å². The average molecular weight is 242 g/mol. The second kappa shape index (κ2) is 5.19. The summed E-state index contributed by atoms with van der Waals surface area (Å²) in [6, 6.07) is 6.78. The molecule has 2 nitrogen and oxygen atoms in total. The quantitative estimate of drug-likeness (QED) is 0.814. The van der Waals surface area contributed by atoms with Crippen molar-refractivity contribution in [1.29, 1.82) is 5.26 Å². The summed E-state index contributed by atoms with van der Waals surface area (Å²) < 4.78 is 36.9. The average Bonchev–Trinajstić information content (AvgIpc) is 2.27. The number of hydrogen-bond donors (Lipinski definition) is 0. The first kappa shape index (κ1) is 13.5. The minimum absolute atomic E-state index is 0.266. The molecule has 0 aromatic heterocycles. The molecule has 1 atom stereocenters. The molecule has 17 heavy (non-hydrogen) atoms. The van der Waals surface area contributed by atoms with E-state index in [9.17, 15) is 13.2 Å². The summed E-state index contributed by atoms with van der Waals surface area (Å²) in [7, 11) is 1.76. The van der Waals surface area contributed by atoms with Crippen molar-refractivity contribution in [2.24, 2.45) is 0 Å². The highest BCUT2D eigenvalue weighted by molar-refractivity contribution is 5.24. The summed E-state index contributed by atoms with van der Waals surface area (Å²) in [5.41, 5.74) is 0.0971. The van der Waals surface area contributed by atoms with Gasteiger partial charge in [-0.2, -0.15) is 18.4 Å². The second-order valence-corrected chi connectivity index (χ2v) is 3.91. The number of nitrogens with zero attached hydrogens (tertiary/aromatic N) is 2. The molecule has 0 aliphatic carbocycles. The first-order chi connectivity index (χ1) is 7.84. The van der Waals surface area contributed by atoms with Gasteiger partial charge in [0.25, 0.3) is 0 Å². The minimum atomic E-state index is -4.30. The van der Waals surface area contributed by atoms with Crippen LogP contribution in [0.1, 0.15) is 18.1 Å². The van der Waals surface area contributed by atoms with Crippen LogP contribution in [0, 0.1) is 11.3 Å². The highest BCUT2D eigenvalue weighted by Gasteiger charge is 2.29. The van der Waals surface area contributed by atoms with Gasteiger partial charge in [0.15, 0.2) is 0 Å². The first-order valence-corrected chi connectivity index (χ1v) is 5.10. The lowest BCUT2D eigenvalue weighted by atomic mass is 10.1. The number of alkyl halides is 3. The molecule has 0 aliphatic heterocycles. The normalized spacial score (nSPS) is 13.5. The van der Waals surface area contributed by atoms with Gasteiger partial charge < -0.3 is 0 Å². The van der Waals surface area contributed by atoms with Crippen molar-refractivity contribution in [3.8, 4) is 6.07 Å². The Kier molecular flexibility index (Phi) is 4.13. The molecule has 0 fully saturated rings. The monoisotopic (exact) mass is 242 g/mol. The van der Waals surface area contributed by atoms with E-state index >= 15 is 0 Å². The van der Waals surface area contributed by atoms with Crippen LogP contribution in [-0.2, 0) is 12.7 Å². The summed E-state index contributed by atoms with van der Waals surface area (Å²) in [6.07, 6.45) is -4.30. The molecule has 0 saturated heterocycles. The van der Waals surface area contributed by atoms with E-state index in [2.05, 4.69) is 6.07 Å².